The summed E-state index contributed by atoms with van der Waals surface area (Å²) in [6.45, 7) is 11.5. The molecule has 0 radical (unpaired) electrons. The molecule has 8 heteroatoms. The van der Waals surface area contributed by atoms with Crippen LogP contribution in [0.5, 0.6) is 17.2 Å². The van der Waals surface area contributed by atoms with E-state index in [-0.39, 0.29) is 40.0 Å². The highest BCUT2D eigenvalue weighted by Crippen LogP contribution is 2.40. The van der Waals surface area contributed by atoms with Crippen LogP contribution in [0.3, 0.4) is 0 Å². The van der Waals surface area contributed by atoms with Gasteiger partial charge in [-0.3, -0.25) is 9.69 Å². The Hall–Kier alpha value is -3.00. The number of hydrogen-bond acceptors (Lipinski definition) is 5. The van der Waals surface area contributed by atoms with E-state index in [0.717, 1.165) is 18.4 Å². The van der Waals surface area contributed by atoms with E-state index in [4.69, 9.17) is 9.15 Å². The minimum absolute atomic E-state index is 0.0833. The van der Waals surface area contributed by atoms with E-state index in [1.807, 2.05) is 39.5 Å². The Morgan fingerprint density at radius 2 is 1.57 bits per heavy atom. The number of alkyl halides is 3. The highest BCUT2D eigenvalue weighted by atomic mass is 19.4. The van der Waals surface area contributed by atoms with E-state index >= 15 is 0 Å². The molecular weight excluding hydrogens is 459 g/mol. The summed E-state index contributed by atoms with van der Waals surface area (Å²) in [6.07, 6.45) is -3.33. The molecule has 0 aliphatic heterocycles. The first kappa shape index (κ1) is 26.6. The molecule has 1 aromatic heterocycles. The van der Waals surface area contributed by atoms with Crippen LogP contribution in [-0.4, -0.2) is 23.1 Å². The van der Waals surface area contributed by atoms with Crippen molar-refractivity contribution in [1.82, 2.24) is 4.90 Å². The highest BCUT2D eigenvalue weighted by molar-refractivity contribution is 5.83. The second-order valence-corrected chi connectivity index (χ2v) is 9.68. The number of benzene rings is 2. The number of ether oxygens (including phenoxy) is 1. The molecule has 190 valence electrons. The topological polar surface area (TPSA) is 62.9 Å². The average Bonchev–Trinajstić information content (AvgIpc) is 2.76. The first-order valence-corrected chi connectivity index (χ1v) is 11.8. The van der Waals surface area contributed by atoms with Gasteiger partial charge in [0.2, 0.25) is 11.2 Å². The molecule has 0 spiro atoms. The highest BCUT2D eigenvalue weighted by Gasteiger charge is 2.41. The van der Waals surface area contributed by atoms with E-state index in [2.05, 4.69) is 0 Å². The van der Waals surface area contributed by atoms with Gasteiger partial charge in [-0.25, -0.2) is 0 Å². The van der Waals surface area contributed by atoms with E-state index in [1.165, 1.54) is 24.3 Å². The van der Waals surface area contributed by atoms with Gasteiger partial charge in [-0.1, -0.05) is 46.8 Å². The number of phenols is 1. The third-order valence-corrected chi connectivity index (χ3v) is 5.76. The van der Waals surface area contributed by atoms with Gasteiger partial charge in [0.05, 0.1) is 10.9 Å². The number of rotatable bonds is 8. The fourth-order valence-electron chi connectivity index (χ4n) is 3.99. The van der Waals surface area contributed by atoms with Crippen LogP contribution in [-0.2, 0) is 18.1 Å². The normalized spacial score (nSPS) is 12.5. The summed E-state index contributed by atoms with van der Waals surface area (Å²) in [6, 6.07) is 9.12. The lowest BCUT2D eigenvalue weighted by Crippen LogP contribution is -2.25. The third kappa shape index (κ3) is 5.99. The van der Waals surface area contributed by atoms with Crippen molar-refractivity contribution in [2.45, 2.75) is 65.6 Å². The number of halogens is 3. The van der Waals surface area contributed by atoms with Crippen molar-refractivity contribution < 1.29 is 27.4 Å². The van der Waals surface area contributed by atoms with Crippen LogP contribution in [0.1, 0.15) is 64.3 Å². The Morgan fingerprint density at radius 3 is 2.09 bits per heavy atom. The molecule has 3 aromatic rings. The molecule has 0 saturated carbocycles. The SMILES string of the molecule is CCCN(CCC)Cc1c(O)ccc2c(=O)c(Oc3ccc(C(C)(C)C)cc3)c(C(F)(F)F)oc12. The summed E-state index contributed by atoms with van der Waals surface area (Å²) in [4.78, 5) is 15.2. The maximum absolute atomic E-state index is 14.0. The van der Waals surface area contributed by atoms with Crippen LogP contribution < -0.4 is 10.2 Å². The molecule has 0 saturated heterocycles. The van der Waals surface area contributed by atoms with Crippen molar-refractivity contribution in [2.24, 2.45) is 0 Å². The summed E-state index contributed by atoms with van der Waals surface area (Å²) in [5.74, 6) is -2.59. The fraction of sp³-hybridized carbons (Fsp3) is 0.444. The van der Waals surface area contributed by atoms with Crippen molar-refractivity contribution in [1.29, 1.82) is 0 Å². The third-order valence-electron chi connectivity index (χ3n) is 5.76. The van der Waals surface area contributed by atoms with Gasteiger partial charge in [-0.15, -0.1) is 0 Å². The minimum atomic E-state index is -4.98. The summed E-state index contributed by atoms with van der Waals surface area (Å²) < 4.78 is 52.9. The zero-order chi connectivity index (χ0) is 26.0. The van der Waals surface area contributed by atoms with Crippen molar-refractivity contribution in [3.63, 3.8) is 0 Å². The van der Waals surface area contributed by atoms with Crippen LogP contribution in [0.15, 0.2) is 45.6 Å². The van der Waals surface area contributed by atoms with Crippen LogP contribution >= 0.6 is 0 Å². The molecule has 1 heterocycles. The molecule has 2 aromatic carbocycles. The Kier molecular flexibility index (Phi) is 7.84. The van der Waals surface area contributed by atoms with Crippen LogP contribution in [0.2, 0.25) is 0 Å². The number of nitrogens with zero attached hydrogens (tertiary/aromatic N) is 1. The quantitative estimate of drug-likeness (QED) is 0.360. The zero-order valence-electron chi connectivity index (χ0n) is 20.8. The Balaban J connectivity index is 2.16. The number of fused-ring (bicyclic) bond motifs is 1. The molecule has 0 aliphatic carbocycles. The van der Waals surface area contributed by atoms with Gasteiger partial charge in [0.1, 0.15) is 17.1 Å². The van der Waals surface area contributed by atoms with E-state index < -0.39 is 23.1 Å². The molecule has 0 bridgehead atoms. The van der Waals surface area contributed by atoms with E-state index in [1.54, 1.807) is 12.1 Å². The van der Waals surface area contributed by atoms with Gasteiger partial charge in [0.25, 0.3) is 5.76 Å². The van der Waals surface area contributed by atoms with E-state index in [0.29, 0.717) is 13.1 Å². The molecule has 35 heavy (non-hydrogen) atoms. The molecule has 0 atom stereocenters. The molecule has 0 fully saturated rings. The van der Waals surface area contributed by atoms with Gasteiger partial charge in [-0.05, 0) is 61.2 Å². The zero-order valence-corrected chi connectivity index (χ0v) is 20.8. The van der Waals surface area contributed by atoms with Gasteiger partial charge in [0, 0.05) is 6.54 Å². The molecular formula is C27H32F3NO4. The molecule has 0 unspecified atom stereocenters. The molecule has 0 aliphatic rings. The van der Waals surface area contributed by atoms with Gasteiger partial charge >= 0.3 is 6.18 Å². The summed E-state index contributed by atoms with van der Waals surface area (Å²) in [7, 11) is 0. The second-order valence-electron chi connectivity index (χ2n) is 9.68. The minimum Gasteiger partial charge on any atom is -0.507 e. The maximum Gasteiger partial charge on any atom is 0.453 e. The molecule has 1 N–H and O–H groups in total. The fourth-order valence-corrected chi connectivity index (χ4v) is 3.99. The largest absolute Gasteiger partial charge is 0.507 e. The lowest BCUT2D eigenvalue weighted by atomic mass is 9.87. The Morgan fingerprint density at radius 1 is 0.971 bits per heavy atom. The number of hydrogen-bond donors (Lipinski definition) is 1. The molecule has 5 nitrogen and oxygen atoms in total. The number of aromatic hydroxyl groups is 1. The van der Waals surface area contributed by atoms with Gasteiger partial charge in [-0.2, -0.15) is 13.2 Å². The predicted octanol–water partition coefficient (Wildman–Crippen LogP) is 7.23. The average molecular weight is 492 g/mol. The van der Waals surface area contributed by atoms with E-state index in [9.17, 15) is 23.1 Å². The lowest BCUT2D eigenvalue weighted by Gasteiger charge is -2.22. The summed E-state index contributed by atoms with van der Waals surface area (Å²) >= 11 is 0. The molecule has 3 rings (SSSR count). The van der Waals surface area contributed by atoms with Crippen LogP contribution in [0, 0.1) is 0 Å². The van der Waals surface area contributed by atoms with Crippen molar-refractivity contribution >= 4 is 11.0 Å². The number of phenolic OH excluding ortho intramolecular Hbond substituents is 1. The molecule has 0 amide bonds. The van der Waals surface area contributed by atoms with Crippen molar-refractivity contribution in [2.75, 3.05) is 13.1 Å². The predicted molar refractivity (Wildman–Crippen MR) is 130 cm³/mol. The summed E-state index contributed by atoms with van der Waals surface area (Å²) in [5.41, 5.74) is -0.269. The van der Waals surface area contributed by atoms with Crippen molar-refractivity contribution in [3.05, 3.63) is 63.5 Å². The first-order valence-electron chi connectivity index (χ1n) is 11.8. The first-order chi connectivity index (χ1) is 16.4. The standard InChI is InChI=1S/C27H32F3NO4/c1-6-14-31(15-7-2)16-20-21(32)13-12-19-22(33)24(25(27(28,29)30)35-23(19)20)34-18-10-8-17(9-11-18)26(3,4)5/h8-13,32H,6-7,14-16H2,1-5H3. The monoisotopic (exact) mass is 491 g/mol. The van der Waals surface area contributed by atoms with Crippen LogP contribution in [0.4, 0.5) is 13.2 Å². The summed E-state index contributed by atoms with van der Waals surface area (Å²) in [5, 5.41) is 10.4. The smallest absolute Gasteiger partial charge is 0.453 e. The lowest BCUT2D eigenvalue weighted by molar-refractivity contribution is -0.154. The second kappa shape index (κ2) is 10.3. The van der Waals surface area contributed by atoms with Crippen LogP contribution in [0.25, 0.3) is 11.0 Å². The van der Waals surface area contributed by atoms with Gasteiger partial charge in [0.15, 0.2) is 0 Å². The Bertz CT molecular complexity index is 1220. The Labute approximate surface area is 203 Å². The maximum atomic E-state index is 14.0. The van der Waals surface area contributed by atoms with Crippen molar-refractivity contribution in [3.8, 4) is 17.2 Å². The van der Waals surface area contributed by atoms with Gasteiger partial charge < -0.3 is 14.3 Å².